The third-order valence-corrected chi connectivity index (χ3v) is 6.62. The lowest BCUT2D eigenvalue weighted by Gasteiger charge is -2.27. The number of ether oxygens (including phenoxy) is 1. The molecular formula is C27H39N3O. The Labute approximate surface area is 188 Å². The molecular weight excluding hydrogens is 382 g/mol. The van der Waals surface area contributed by atoms with Crippen LogP contribution in [0.4, 0.5) is 5.69 Å². The summed E-state index contributed by atoms with van der Waals surface area (Å²) >= 11 is 0. The van der Waals surface area contributed by atoms with Crippen LogP contribution in [0.5, 0.6) is 5.75 Å². The second-order valence-electron chi connectivity index (χ2n) is 9.01. The molecule has 0 aromatic heterocycles. The number of nitrogens with one attached hydrogen (secondary N) is 1. The summed E-state index contributed by atoms with van der Waals surface area (Å²) in [6, 6.07) is 17.2. The van der Waals surface area contributed by atoms with Gasteiger partial charge < -0.3 is 15.0 Å². The zero-order valence-corrected chi connectivity index (χ0v) is 19.0. The van der Waals surface area contributed by atoms with Crippen LogP contribution in [0, 0.1) is 0 Å². The molecule has 2 aliphatic heterocycles. The lowest BCUT2D eigenvalue weighted by molar-refractivity contribution is 0.184. The van der Waals surface area contributed by atoms with Crippen LogP contribution in [-0.2, 0) is 0 Å². The lowest BCUT2D eigenvalue weighted by atomic mass is 10.0. The summed E-state index contributed by atoms with van der Waals surface area (Å²) in [7, 11) is 0. The van der Waals surface area contributed by atoms with Crippen molar-refractivity contribution in [3.63, 3.8) is 0 Å². The van der Waals surface area contributed by atoms with E-state index in [1.54, 1.807) is 0 Å². The molecule has 4 rings (SSSR count). The van der Waals surface area contributed by atoms with E-state index in [9.17, 15) is 0 Å². The van der Waals surface area contributed by atoms with E-state index >= 15 is 0 Å². The van der Waals surface area contributed by atoms with E-state index in [1.165, 1.54) is 88.8 Å². The van der Waals surface area contributed by atoms with Gasteiger partial charge in [0.25, 0.3) is 0 Å². The third-order valence-electron chi connectivity index (χ3n) is 6.62. The van der Waals surface area contributed by atoms with Crippen LogP contribution in [0.1, 0.15) is 44.9 Å². The van der Waals surface area contributed by atoms with Gasteiger partial charge in [-0.25, -0.2) is 0 Å². The number of benzene rings is 2. The van der Waals surface area contributed by atoms with Gasteiger partial charge in [-0.15, -0.1) is 0 Å². The summed E-state index contributed by atoms with van der Waals surface area (Å²) in [4.78, 5) is 5.15. The minimum absolute atomic E-state index is 0.751. The summed E-state index contributed by atoms with van der Waals surface area (Å²) in [5.41, 5.74) is 3.57. The van der Waals surface area contributed by atoms with Crippen LogP contribution in [0.25, 0.3) is 11.1 Å². The van der Waals surface area contributed by atoms with Crippen LogP contribution in [0.3, 0.4) is 0 Å². The largest absolute Gasteiger partial charge is 0.490 e. The van der Waals surface area contributed by atoms with Crippen molar-refractivity contribution in [3.05, 3.63) is 48.5 Å². The molecule has 2 aromatic rings. The Morgan fingerprint density at radius 2 is 1.39 bits per heavy atom. The van der Waals surface area contributed by atoms with Gasteiger partial charge in [0.05, 0.1) is 5.69 Å². The van der Waals surface area contributed by atoms with Gasteiger partial charge in [0.1, 0.15) is 12.4 Å². The lowest BCUT2D eigenvalue weighted by Crippen LogP contribution is -2.33. The first-order valence-electron chi connectivity index (χ1n) is 12.4. The Kier molecular flexibility index (Phi) is 8.66. The van der Waals surface area contributed by atoms with Gasteiger partial charge in [-0.1, -0.05) is 49.2 Å². The van der Waals surface area contributed by atoms with Crippen molar-refractivity contribution in [2.45, 2.75) is 44.9 Å². The number of hydrogen-bond acceptors (Lipinski definition) is 4. The summed E-state index contributed by atoms with van der Waals surface area (Å²) in [5.74, 6) is 0.983. The van der Waals surface area contributed by atoms with Crippen molar-refractivity contribution >= 4 is 5.69 Å². The van der Waals surface area contributed by atoms with Crippen LogP contribution in [-0.4, -0.2) is 62.2 Å². The smallest absolute Gasteiger partial charge is 0.143 e. The molecule has 4 heteroatoms. The van der Waals surface area contributed by atoms with Gasteiger partial charge in [0.2, 0.25) is 0 Å². The van der Waals surface area contributed by atoms with E-state index in [0.29, 0.717) is 0 Å². The Bertz CT molecular complexity index is 767. The molecule has 0 radical (unpaired) electrons. The first-order valence-corrected chi connectivity index (χ1v) is 12.4. The van der Waals surface area contributed by atoms with Crippen molar-refractivity contribution in [2.24, 2.45) is 0 Å². The van der Waals surface area contributed by atoms with Crippen LogP contribution in [0.15, 0.2) is 48.5 Å². The molecule has 0 atom stereocenters. The molecule has 2 aliphatic rings. The van der Waals surface area contributed by atoms with Crippen molar-refractivity contribution < 1.29 is 4.74 Å². The van der Waals surface area contributed by atoms with Crippen molar-refractivity contribution in [1.82, 2.24) is 9.80 Å². The monoisotopic (exact) mass is 421 g/mol. The van der Waals surface area contributed by atoms with Gasteiger partial charge >= 0.3 is 0 Å². The summed E-state index contributed by atoms with van der Waals surface area (Å²) in [5, 5.41) is 3.65. The predicted octanol–water partition coefficient (Wildman–Crippen LogP) is 5.51. The van der Waals surface area contributed by atoms with E-state index in [-0.39, 0.29) is 0 Å². The SMILES string of the molecule is c1ccc(-c2ccc(NCCCN3CCCCC3)c(OCCN3CCCCC3)c2)cc1. The van der Waals surface area contributed by atoms with Crippen molar-refractivity contribution in [3.8, 4) is 16.9 Å². The Hall–Kier alpha value is -2.04. The molecule has 0 unspecified atom stereocenters. The van der Waals surface area contributed by atoms with Gasteiger partial charge in [-0.3, -0.25) is 4.90 Å². The van der Waals surface area contributed by atoms with E-state index < -0.39 is 0 Å². The Balaban J connectivity index is 1.35. The molecule has 0 aliphatic carbocycles. The highest BCUT2D eigenvalue weighted by atomic mass is 16.5. The van der Waals surface area contributed by atoms with Crippen molar-refractivity contribution in [1.29, 1.82) is 0 Å². The average molecular weight is 422 g/mol. The number of anilines is 1. The number of rotatable bonds is 10. The van der Waals surface area contributed by atoms with E-state index in [0.717, 1.165) is 31.1 Å². The highest BCUT2D eigenvalue weighted by Gasteiger charge is 2.12. The fourth-order valence-electron chi connectivity index (χ4n) is 4.77. The molecule has 0 spiro atoms. The molecule has 2 fully saturated rings. The van der Waals surface area contributed by atoms with E-state index in [2.05, 4.69) is 63.6 Å². The van der Waals surface area contributed by atoms with Crippen molar-refractivity contribution in [2.75, 3.05) is 57.7 Å². The van der Waals surface area contributed by atoms with E-state index in [1.807, 2.05) is 0 Å². The molecule has 2 heterocycles. The maximum absolute atomic E-state index is 6.33. The highest BCUT2D eigenvalue weighted by molar-refractivity contribution is 5.70. The first kappa shape index (κ1) is 22.2. The fraction of sp³-hybridized carbons (Fsp3) is 0.556. The number of hydrogen-bond donors (Lipinski definition) is 1. The molecule has 0 saturated carbocycles. The molecule has 2 aromatic carbocycles. The minimum atomic E-state index is 0.751. The second-order valence-corrected chi connectivity index (χ2v) is 9.01. The van der Waals surface area contributed by atoms with Gasteiger partial charge in [0.15, 0.2) is 0 Å². The fourth-order valence-corrected chi connectivity index (χ4v) is 4.77. The van der Waals surface area contributed by atoms with Gasteiger partial charge in [-0.2, -0.15) is 0 Å². The summed E-state index contributed by atoms with van der Waals surface area (Å²) < 4.78 is 6.33. The molecule has 4 nitrogen and oxygen atoms in total. The molecule has 168 valence electrons. The van der Waals surface area contributed by atoms with Crippen LogP contribution in [0.2, 0.25) is 0 Å². The zero-order valence-electron chi connectivity index (χ0n) is 19.0. The Morgan fingerprint density at radius 3 is 2.10 bits per heavy atom. The van der Waals surface area contributed by atoms with Gasteiger partial charge in [0, 0.05) is 13.1 Å². The summed E-state index contributed by atoms with van der Waals surface area (Å²) in [6.45, 7) is 8.94. The zero-order chi connectivity index (χ0) is 21.1. The quantitative estimate of drug-likeness (QED) is 0.512. The van der Waals surface area contributed by atoms with Crippen LogP contribution < -0.4 is 10.1 Å². The predicted molar refractivity (Wildman–Crippen MR) is 131 cm³/mol. The number of piperidine rings is 2. The topological polar surface area (TPSA) is 27.7 Å². The average Bonchev–Trinajstić information content (AvgIpc) is 2.84. The minimum Gasteiger partial charge on any atom is -0.490 e. The van der Waals surface area contributed by atoms with E-state index in [4.69, 9.17) is 4.74 Å². The third kappa shape index (κ3) is 6.98. The molecule has 2 saturated heterocycles. The first-order chi connectivity index (χ1) is 15.4. The van der Waals surface area contributed by atoms with Gasteiger partial charge in [-0.05, 0) is 88.1 Å². The molecule has 0 amide bonds. The van der Waals surface area contributed by atoms with Crippen LogP contribution >= 0.6 is 0 Å². The number of likely N-dealkylation sites (tertiary alicyclic amines) is 2. The maximum Gasteiger partial charge on any atom is 0.143 e. The second kappa shape index (κ2) is 12.1. The normalized spacial score (nSPS) is 18.1. The molecule has 1 N–H and O–H groups in total. The maximum atomic E-state index is 6.33. The molecule has 31 heavy (non-hydrogen) atoms. The summed E-state index contributed by atoms with van der Waals surface area (Å²) in [6.07, 6.45) is 9.34. The standard InChI is InChI=1S/C27H39N3O/c1-4-11-24(12-5-1)25-13-14-26(28-15-10-20-29-16-6-2-7-17-29)27(23-25)31-22-21-30-18-8-3-9-19-30/h1,4-5,11-14,23,28H,2-3,6-10,15-22H2. The molecule has 0 bridgehead atoms. The Morgan fingerprint density at radius 1 is 0.710 bits per heavy atom. The highest BCUT2D eigenvalue weighted by Crippen LogP contribution is 2.31. The number of nitrogens with zero attached hydrogens (tertiary/aromatic N) is 2.